The van der Waals surface area contributed by atoms with Crippen LogP contribution in [0.1, 0.15) is 29.6 Å². The van der Waals surface area contributed by atoms with Crippen LogP contribution in [0.4, 0.5) is 0 Å². The monoisotopic (exact) mass is 470 g/mol. The van der Waals surface area contributed by atoms with Gasteiger partial charge in [0, 0.05) is 24.0 Å². The molecule has 0 spiro atoms. The Bertz CT molecular complexity index is 1220. The molecule has 0 radical (unpaired) electrons. The summed E-state index contributed by atoms with van der Waals surface area (Å²) in [6.45, 7) is 0.946. The number of fused-ring (bicyclic) bond motifs is 1. The van der Waals surface area contributed by atoms with Crippen LogP contribution in [0.3, 0.4) is 0 Å². The summed E-state index contributed by atoms with van der Waals surface area (Å²) in [6.07, 6.45) is 2.65. The van der Waals surface area contributed by atoms with Crippen LogP contribution in [0.15, 0.2) is 35.2 Å². The van der Waals surface area contributed by atoms with Crippen LogP contribution in [0, 0.1) is 0 Å². The van der Waals surface area contributed by atoms with Crippen molar-refractivity contribution in [2.45, 2.75) is 24.2 Å². The molecule has 0 bridgehead atoms. The highest BCUT2D eigenvalue weighted by atomic mass is 35.5. The van der Waals surface area contributed by atoms with Crippen LogP contribution in [-0.2, 0) is 10.0 Å². The molecule has 1 aromatic carbocycles. The number of aromatic carboxylic acids is 1. The molecule has 1 N–H and O–H groups in total. The summed E-state index contributed by atoms with van der Waals surface area (Å²) in [5.74, 6) is -1.18. The molecular weight excluding hydrogens is 455 g/mol. The summed E-state index contributed by atoms with van der Waals surface area (Å²) >= 11 is 13.4. The first-order chi connectivity index (χ1) is 13.8. The molecule has 3 heterocycles. The van der Waals surface area contributed by atoms with Crippen molar-refractivity contribution in [1.82, 2.24) is 9.29 Å². The Morgan fingerprint density at radius 2 is 1.83 bits per heavy atom. The first kappa shape index (κ1) is 20.6. The molecule has 0 amide bonds. The first-order valence-corrected chi connectivity index (χ1v) is 11.9. The van der Waals surface area contributed by atoms with E-state index in [0.717, 1.165) is 30.6 Å². The SMILES string of the molecule is O=C(O)c1cc(-c2cc(Cl)sc2Cl)nc2ccc(S(=O)(=O)N3CCCCC3)cc12. The largest absolute Gasteiger partial charge is 0.478 e. The number of hydrogen-bond acceptors (Lipinski definition) is 5. The summed E-state index contributed by atoms with van der Waals surface area (Å²) in [5, 5.41) is 9.99. The van der Waals surface area contributed by atoms with E-state index in [1.807, 2.05) is 0 Å². The smallest absolute Gasteiger partial charge is 0.336 e. The predicted molar refractivity (Wildman–Crippen MR) is 115 cm³/mol. The summed E-state index contributed by atoms with van der Waals surface area (Å²) in [6, 6.07) is 7.42. The Labute approximate surface area is 181 Å². The number of aromatic nitrogens is 1. The number of thiophene rings is 1. The van der Waals surface area contributed by atoms with Crippen molar-refractivity contribution in [3.8, 4) is 11.3 Å². The molecule has 1 aliphatic heterocycles. The minimum Gasteiger partial charge on any atom is -0.478 e. The molecule has 0 unspecified atom stereocenters. The molecule has 0 aliphatic carbocycles. The van der Waals surface area contributed by atoms with Gasteiger partial charge in [-0.2, -0.15) is 4.31 Å². The third-order valence-corrected chi connectivity index (χ3v) is 8.28. The molecule has 1 fully saturated rings. The maximum Gasteiger partial charge on any atom is 0.336 e. The lowest BCUT2D eigenvalue weighted by atomic mass is 10.1. The van der Waals surface area contributed by atoms with E-state index < -0.39 is 16.0 Å². The normalized spacial score (nSPS) is 15.7. The molecule has 1 aliphatic rings. The molecular formula is C19H16Cl2N2O4S2. The van der Waals surface area contributed by atoms with Crippen LogP contribution < -0.4 is 0 Å². The van der Waals surface area contributed by atoms with Gasteiger partial charge in [-0.25, -0.2) is 18.2 Å². The highest BCUT2D eigenvalue weighted by Crippen LogP contribution is 2.38. The van der Waals surface area contributed by atoms with Gasteiger partial charge in [0.05, 0.1) is 26.0 Å². The number of carboxylic acids is 1. The third-order valence-electron chi connectivity index (χ3n) is 4.90. The highest BCUT2D eigenvalue weighted by molar-refractivity contribution is 7.89. The van der Waals surface area contributed by atoms with E-state index >= 15 is 0 Å². The highest BCUT2D eigenvalue weighted by Gasteiger charge is 2.27. The standard InChI is InChI=1S/C19H16Cl2N2O4S2/c20-17-10-14(18(21)28-17)16-9-13(19(24)25)12-8-11(4-5-15(12)22-16)29(26,27)23-6-2-1-3-7-23/h4-5,8-10H,1-3,6-7H2,(H,24,25). The fraction of sp³-hybridized carbons (Fsp3) is 0.263. The lowest BCUT2D eigenvalue weighted by molar-refractivity contribution is 0.0699. The van der Waals surface area contributed by atoms with Crippen molar-refractivity contribution >= 4 is 61.4 Å². The van der Waals surface area contributed by atoms with Crippen molar-refractivity contribution in [1.29, 1.82) is 0 Å². The Kier molecular flexibility index (Phi) is 5.56. The van der Waals surface area contributed by atoms with E-state index in [9.17, 15) is 18.3 Å². The van der Waals surface area contributed by atoms with Gasteiger partial charge in [0.1, 0.15) is 4.34 Å². The van der Waals surface area contributed by atoms with Crippen LogP contribution >= 0.6 is 34.5 Å². The summed E-state index contributed by atoms with van der Waals surface area (Å²) in [4.78, 5) is 16.5. The van der Waals surface area contributed by atoms with Gasteiger partial charge in [0.2, 0.25) is 10.0 Å². The third kappa shape index (κ3) is 3.87. The second-order valence-electron chi connectivity index (χ2n) is 6.74. The van der Waals surface area contributed by atoms with Gasteiger partial charge < -0.3 is 5.11 Å². The van der Waals surface area contributed by atoms with E-state index in [0.29, 0.717) is 38.5 Å². The predicted octanol–water partition coefficient (Wildman–Crippen LogP) is 5.14. The maximum absolute atomic E-state index is 13.0. The molecule has 6 nitrogen and oxygen atoms in total. The van der Waals surface area contributed by atoms with Crippen molar-refractivity contribution in [3.63, 3.8) is 0 Å². The van der Waals surface area contributed by atoms with E-state index in [2.05, 4.69) is 4.98 Å². The van der Waals surface area contributed by atoms with E-state index in [-0.39, 0.29) is 15.8 Å². The van der Waals surface area contributed by atoms with Crippen LogP contribution in [0.5, 0.6) is 0 Å². The second kappa shape index (κ2) is 7.85. The average Bonchev–Trinajstić information content (AvgIpc) is 3.05. The molecule has 3 aromatic rings. The van der Waals surface area contributed by atoms with Crippen molar-refractivity contribution in [3.05, 3.63) is 44.6 Å². The topological polar surface area (TPSA) is 87.6 Å². The first-order valence-electron chi connectivity index (χ1n) is 8.91. The number of sulfonamides is 1. The zero-order valence-electron chi connectivity index (χ0n) is 15.1. The van der Waals surface area contributed by atoms with E-state index in [4.69, 9.17) is 23.2 Å². The molecule has 2 aromatic heterocycles. The minimum atomic E-state index is -3.69. The Hall–Kier alpha value is -1.71. The zero-order chi connectivity index (χ0) is 20.8. The van der Waals surface area contributed by atoms with Gasteiger partial charge in [-0.3, -0.25) is 0 Å². The number of rotatable bonds is 4. The van der Waals surface area contributed by atoms with Gasteiger partial charge in [0.15, 0.2) is 0 Å². The average molecular weight is 471 g/mol. The molecule has 1 saturated heterocycles. The number of hydrogen-bond donors (Lipinski definition) is 1. The molecule has 10 heteroatoms. The van der Waals surface area contributed by atoms with Crippen molar-refractivity contribution in [2.75, 3.05) is 13.1 Å². The Morgan fingerprint density at radius 3 is 2.45 bits per heavy atom. The maximum atomic E-state index is 13.0. The molecule has 152 valence electrons. The number of nitrogens with zero attached hydrogens (tertiary/aromatic N) is 2. The summed E-state index contributed by atoms with van der Waals surface area (Å²) in [5.41, 5.74) is 1.24. The van der Waals surface area contributed by atoms with Gasteiger partial charge in [-0.1, -0.05) is 29.6 Å². The number of carboxylic acid groups (broad SMARTS) is 1. The van der Waals surface area contributed by atoms with Crippen molar-refractivity contribution < 1.29 is 18.3 Å². The number of pyridine rings is 1. The minimum absolute atomic E-state index is 0.0425. The van der Waals surface area contributed by atoms with Crippen LogP contribution in [0.25, 0.3) is 22.2 Å². The van der Waals surface area contributed by atoms with E-state index in [1.165, 1.54) is 28.6 Å². The number of carbonyl (C=O) groups is 1. The van der Waals surface area contributed by atoms with Gasteiger partial charge in [0.25, 0.3) is 0 Å². The number of halogens is 2. The molecule has 29 heavy (non-hydrogen) atoms. The summed E-state index contributed by atoms with van der Waals surface area (Å²) < 4.78 is 28.3. The Morgan fingerprint density at radius 1 is 1.10 bits per heavy atom. The van der Waals surface area contributed by atoms with E-state index in [1.54, 1.807) is 6.07 Å². The van der Waals surface area contributed by atoms with Crippen LogP contribution in [0.2, 0.25) is 8.67 Å². The van der Waals surface area contributed by atoms with Gasteiger partial charge in [-0.15, -0.1) is 11.3 Å². The van der Waals surface area contributed by atoms with Crippen LogP contribution in [-0.4, -0.2) is 41.9 Å². The zero-order valence-corrected chi connectivity index (χ0v) is 18.2. The number of piperidine rings is 1. The second-order valence-corrected chi connectivity index (χ2v) is 11.0. The lowest BCUT2D eigenvalue weighted by Crippen LogP contribution is -2.35. The number of benzene rings is 1. The van der Waals surface area contributed by atoms with Gasteiger partial charge >= 0.3 is 5.97 Å². The molecule has 0 saturated carbocycles. The fourth-order valence-electron chi connectivity index (χ4n) is 3.45. The molecule has 0 atom stereocenters. The van der Waals surface area contributed by atoms with Crippen molar-refractivity contribution in [2.24, 2.45) is 0 Å². The summed E-state index contributed by atoms with van der Waals surface area (Å²) in [7, 11) is -3.69. The quantitative estimate of drug-likeness (QED) is 0.569. The van der Waals surface area contributed by atoms with Gasteiger partial charge in [-0.05, 0) is 43.2 Å². The molecule has 4 rings (SSSR count). The fourth-order valence-corrected chi connectivity index (χ4v) is 6.47. The lowest BCUT2D eigenvalue weighted by Gasteiger charge is -2.26. The Balaban J connectivity index is 1.87.